The number of methoxy groups -OCH3 is 1. The lowest BCUT2D eigenvalue weighted by Crippen LogP contribution is -2.26. The SMILES string of the molecule is C=CCN(C)C(=O)c1ccc(OC)c(O)c1. The molecule has 1 aromatic rings. The Bertz CT molecular complexity index is 401. The second-order valence-corrected chi connectivity index (χ2v) is 3.36. The van der Waals surface area contributed by atoms with Gasteiger partial charge in [0.1, 0.15) is 0 Å². The maximum atomic E-state index is 11.8. The van der Waals surface area contributed by atoms with Gasteiger partial charge in [-0.1, -0.05) is 6.08 Å². The van der Waals surface area contributed by atoms with Crippen molar-refractivity contribution in [3.8, 4) is 11.5 Å². The molecule has 86 valence electrons. The van der Waals surface area contributed by atoms with Crippen molar-refractivity contribution in [1.29, 1.82) is 0 Å². The number of hydrogen-bond acceptors (Lipinski definition) is 3. The zero-order valence-corrected chi connectivity index (χ0v) is 9.43. The molecule has 0 aliphatic heterocycles. The van der Waals surface area contributed by atoms with Crippen LogP contribution >= 0.6 is 0 Å². The van der Waals surface area contributed by atoms with Crippen molar-refractivity contribution in [1.82, 2.24) is 4.90 Å². The molecule has 4 heteroatoms. The number of ether oxygens (including phenoxy) is 1. The van der Waals surface area contributed by atoms with Gasteiger partial charge in [0, 0.05) is 19.2 Å². The molecule has 0 heterocycles. The minimum atomic E-state index is -0.169. The van der Waals surface area contributed by atoms with E-state index in [-0.39, 0.29) is 11.7 Å². The van der Waals surface area contributed by atoms with E-state index in [0.717, 1.165) is 0 Å². The third-order valence-corrected chi connectivity index (χ3v) is 2.18. The van der Waals surface area contributed by atoms with Crippen molar-refractivity contribution in [2.24, 2.45) is 0 Å². The predicted molar refractivity (Wildman–Crippen MR) is 61.8 cm³/mol. The van der Waals surface area contributed by atoms with Crippen molar-refractivity contribution in [2.75, 3.05) is 20.7 Å². The molecule has 0 aromatic heterocycles. The molecule has 0 spiro atoms. The molecular weight excluding hydrogens is 206 g/mol. The standard InChI is InChI=1S/C12H15NO3/c1-4-7-13(2)12(15)9-5-6-11(16-3)10(14)8-9/h4-6,8,14H,1,7H2,2-3H3. The Morgan fingerprint density at radius 2 is 2.31 bits per heavy atom. The van der Waals surface area contributed by atoms with Crippen molar-refractivity contribution in [3.63, 3.8) is 0 Å². The number of phenols is 1. The first-order chi connectivity index (χ1) is 7.60. The summed E-state index contributed by atoms with van der Waals surface area (Å²) in [5, 5.41) is 9.54. The lowest BCUT2D eigenvalue weighted by atomic mass is 10.2. The van der Waals surface area contributed by atoms with E-state index < -0.39 is 0 Å². The topological polar surface area (TPSA) is 49.8 Å². The third kappa shape index (κ3) is 2.53. The van der Waals surface area contributed by atoms with Gasteiger partial charge < -0.3 is 14.7 Å². The number of hydrogen-bond donors (Lipinski definition) is 1. The van der Waals surface area contributed by atoms with Crippen LogP contribution in [0.2, 0.25) is 0 Å². The molecule has 0 unspecified atom stereocenters. The van der Waals surface area contributed by atoms with Crippen LogP contribution in [-0.4, -0.2) is 36.6 Å². The van der Waals surface area contributed by atoms with E-state index in [1.54, 1.807) is 25.3 Å². The molecule has 0 saturated carbocycles. The summed E-state index contributed by atoms with van der Waals surface area (Å²) in [4.78, 5) is 13.3. The zero-order valence-electron chi connectivity index (χ0n) is 9.43. The van der Waals surface area contributed by atoms with E-state index in [0.29, 0.717) is 17.9 Å². The quantitative estimate of drug-likeness (QED) is 0.787. The summed E-state index contributed by atoms with van der Waals surface area (Å²) in [5.74, 6) is 0.140. The molecule has 1 amide bonds. The Morgan fingerprint density at radius 1 is 1.62 bits per heavy atom. The van der Waals surface area contributed by atoms with Crippen LogP contribution in [0.15, 0.2) is 30.9 Å². The zero-order chi connectivity index (χ0) is 12.1. The molecule has 1 aromatic carbocycles. The number of carbonyl (C=O) groups is 1. The summed E-state index contributed by atoms with van der Waals surface area (Å²) in [7, 11) is 3.13. The van der Waals surface area contributed by atoms with Crippen LogP contribution in [0.25, 0.3) is 0 Å². The molecule has 1 N–H and O–H groups in total. The van der Waals surface area contributed by atoms with E-state index in [4.69, 9.17) is 4.74 Å². The largest absolute Gasteiger partial charge is 0.504 e. The molecule has 0 saturated heterocycles. The highest BCUT2D eigenvalue weighted by Gasteiger charge is 2.12. The van der Waals surface area contributed by atoms with Crippen molar-refractivity contribution in [2.45, 2.75) is 0 Å². The fourth-order valence-corrected chi connectivity index (χ4v) is 1.32. The Kier molecular flexibility index (Phi) is 3.94. The molecule has 0 atom stereocenters. The average Bonchev–Trinajstić information content (AvgIpc) is 2.28. The van der Waals surface area contributed by atoms with Crippen LogP contribution in [0.1, 0.15) is 10.4 Å². The summed E-state index contributed by atoms with van der Waals surface area (Å²) < 4.78 is 4.90. The molecule has 0 aliphatic rings. The van der Waals surface area contributed by atoms with E-state index in [1.165, 1.54) is 18.1 Å². The lowest BCUT2D eigenvalue weighted by Gasteiger charge is -2.15. The summed E-state index contributed by atoms with van der Waals surface area (Å²) in [6, 6.07) is 4.56. The van der Waals surface area contributed by atoms with Crippen LogP contribution in [-0.2, 0) is 0 Å². The van der Waals surface area contributed by atoms with Gasteiger partial charge in [-0.25, -0.2) is 0 Å². The van der Waals surface area contributed by atoms with Gasteiger partial charge in [0.2, 0.25) is 0 Å². The first kappa shape index (κ1) is 12.1. The van der Waals surface area contributed by atoms with Crippen molar-refractivity contribution in [3.05, 3.63) is 36.4 Å². The summed E-state index contributed by atoms with van der Waals surface area (Å²) in [6.07, 6.45) is 1.64. The first-order valence-electron chi connectivity index (χ1n) is 4.83. The number of rotatable bonds is 4. The van der Waals surface area contributed by atoms with Crippen LogP contribution < -0.4 is 4.74 Å². The predicted octanol–water partition coefficient (Wildman–Crippen LogP) is 1.66. The van der Waals surface area contributed by atoms with E-state index in [9.17, 15) is 9.90 Å². The number of aromatic hydroxyl groups is 1. The van der Waals surface area contributed by atoms with Gasteiger partial charge in [-0.2, -0.15) is 0 Å². The first-order valence-corrected chi connectivity index (χ1v) is 4.83. The van der Waals surface area contributed by atoms with Crippen molar-refractivity contribution >= 4 is 5.91 Å². The fourth-order valence-electron chi connectivity index (χ4n) is 1.32. The number of phenolic OH excluding ortho intramolecular Hbond substituents is 1. The molecule has 0 aliphatic carbocycles. The maximum Gasteiger partial charge on any atom is 0.254 e. The van der Waals surface area contributed by atoms with Gasteiger partial charge in [0.05, 0.1) is 7.11 Å². The second-order valence-electron chi connectivity index (χ2n) is 3.36. The Hall–Kier alpha value is -1.97. The van der Waals surface area contributed by atoms with Gasteiger partial charge in [-0.05, 0) is 18.2 Å². The highest BCUT2D eigenvalue weighted by atomic mass is 16.5. The van der Waals surface area contributed by atoms with E-state index >= 15 is 0 Å². The molecule has 0 fully saturated rings. The lowest BCUT2D eigenvalue weighted by molar-refractivity contribution is 0.0810. The fraction of sp³-hybridized carbons (Fsp3) is 0.250. The van der Waals surface area contributed by atoms with Gasteiger partial charge >= 0.3 is 0 Å². The summed E-state index contributed by atoms with van der Waals surface area (Å²) in [6.45, 7) is 4.02. The number of benzene rings is 1. The van der Waals surface area contributed by atoms with Gasteiger partial charge in [0.25, 0.3) is 5.91 Å². The molecule has 0 radical (unpaired) electrons. The van der Waals surface area contributed by atoms with Crippen LogP contribution in [0, 0.1) is 0 Å². The number of nitrogens with zero attached hydrogens (tertiary/aromatic N) is 1. The number of carbonyl (C=O) groups excluding carboxylic acids is 1. The van der Waals surface area contributed by atoms with Crippen LogP contribution in [0.5, 0.6) is 11.5 Å². The average molecular weight is 221 g/mol. The molecular formula is C12H15NO3. The smallest absolute Gasteiger partial charge is 0.254 e. The maximum absolute atomic E-state index is 11.8. The third-order valence-electron chi connectivity index (χ3n) is 2.18. The van der Waals surface area contributed by atoms with E-state index in [2.05, 4.69) is 6.58 Å². The van der Waals surface area contributed by atoms with Crippen molar-refractivity contribution < 1.29 is 14.6 Å². The summed E-state index contributed by atoms with van der Waals surface area (Å²) >= 11 is 0. The highest BCUT2D eigenvalue weighted by Crippen LogP contribution is 2.26. The minimum Gasteiger partial charge on any atom is -0.504 e. The van der Waals surface area contributed by atoms with Crippen LogP contribution in [0.4, 0.5) is 0 Å². The normalized spacial score (nSPS) is 9.62. The van der Waals surface area contributed by atoms with E-state index in [1.807, 2.05) is 0 Å². The minimum absolute atomic E-state index is 0.0413. The number of amides is 1. The molecule has 4 nitrogen and oxygen atoms in total. The van der Waals surface area contributed by atoms with Gasteiger partial charge in [-0.3, -0.25) is 4.79 Å². The number of likely N-dealkylation sites (N-methyl/N-ethyl adjacent to an activating group) is 1. The monoisotopic (exact) mass is 221 g/mol. The van der Waals surface area contributed by atoms with Crippen LogP contribution in [0.3, 0.4) is 0 Å². The Labute approximate surface area is 94.8 Å². The molecule has 0 bridgehead atoms. The Morgan fingerprint density at radius 3 is 2.81 bits per heavy atom. The Balaban J connectivity index is 2.92. The van der Waals surface area contributed by atoms with Gasteiger partial charge in [0.15, 0.2) is 11.5 Å². The van der Waals surface area contributed by atoms with Gasteiger partial charge in [-0.15, -0.1) is 6.58 Å². The second kappa shape index (κ2) is 5.21. The molecule has 1 rings (SSSR count). The highest BCUT2D eigenvalue weighted by molar-refractivity contribution is 5.94. The molecule has 16 heavy (non-hydrogen) atoms. The summed E-state index contributed by atoms with van der Waals surface area (Å²) in [5.41, 5.74) is 0.419.